The lowest BCUT2D eigenvalue weighted by molar-refractivity contribution is 0.0962. The molecule has 0 unspecified atom stereocenters. The Morgan fingerprint density at radius 2 is 2.14 bits per heavy atom. The maximum Gasteiger partial charge on any atom is 0.174 e. The van der Waals surface area contributed by atoms with Crippen molar-refractivity contribution in [1.29, 1.82) is 0 Å². The smallest absolute Gasteiger partial charge is 0.174 e. The number of carbonyl (C=O) groups excluding carboxylic acids is 1. The van der Waals surface area contributed by atoms with Gasteiger partial charge in [0.1, 0.15) is 0 Å². The fourth-order valence-corrected chi connectivity index (χ4v) is 2.97. The first-order valence-electron chi connectivity index (χ1n) is 4.95. The van der Waals surface area contributed by atoms with Crippen LogP contribution in [-0.2, 0) is 0 Å². The maximum absolute atomic E-state index is 11.8. The predicted octanol–water partition coefficient (Wildman–Crippen LogP) is 4.52. The lowest BCUT2D eigenvalue weighted by Gasteiger charge is -2.09. The van der Waals surface area contributed by atoms with Crippen LogP contribution >= 0.6 is 27.3 Å². The van der Waals surface area contributed by atoms with E-state index in [0.29, 0.717) is 12.3 Å². The number of Topliss-reactive ketones (excluding diaryl/α,β-unsaturated/α-hetero) is 1. The largest absolute Gasteiger partial charge is 0.293 e. The van der Waals surface area contributed by atoms with Crippen LogP contribution < -0.4 is 0 Å². The van der Waals surface area contributed by atoms with Crippen molar-refractivity contribution < 1.29 is 4.79 Å². The molecule has 0 atom stereocenters. The van der Waals surface area contributed by atoms with Crippen LogP contribution in [0.5, 0.6) is 0 Å². The van der Waals surface area contributed by atoms with Crippen molar-refractivity contribution >= 4 is 33.0 Å². The van der Waals surface area contributed by atoms with E-state index in [4.69, 9.17) is 0 Å². The molecule has 0 radical (unpaired) electrons. The first-order chi connectivity index (χ1) is 6.69. The first kappa shape index (κ1) is 11.9. The lowest BCUT2D eigenvalue weighted by Crippen LogP contribution is -2.06. The summed E-state index contributed by atoms with van der Waals surface area (Å²) in [7, 11) is 0. The average Bonchev–Trinajstić information content (AvgIpc) is 2.60. The van der Waals surface area contributed by atoms with E-state index >= 15 is 0 Å². The predicted molar refractivity (Wildman–Crippen MR) is 65.0 cm³/mol. The molecule has 0 spiro atoms. The first-order valence-corrected chi connectivity index (χ1v) is 6.62. The van der Waals surface area contributed by atoms with Crippen LogP contribution in [0.1, 0.15) is 42.8 Å². The van der Waals surface area contributed by atoms with Crippen LogP contribution in [0.25, 0.3) is 0 Å². The third kappa shape index (κ3) is 2.92. The molecule has 0 fully saturated rings. The minimum absolute atomic E-state index is 0.278. The van der Waals surface area contributed by atoms with Crippen LogP contribution in [0.4, 0.5) is 0 Å². The number of carbonyl (C=O) groups is 1. The van der Waals surface area contributed by atoms with E-state index in [0.717, 1.165) is 22.2 Å². The summed E-state index contributed by atoms with van der Waals surface area (Å²) >= 11 is 4.91. The molecule has 1 nitrogen and oxygen atoms in total. The van der Waals surface area contributed by atoms with Crippen molar-refractivity contribution in [3.8, 4) is 0 Å². The molecule has 0 N–H and O–H groups in total. The standard InChI is InChI=1S/C11H15BrOS/c1-3-8(4-2)7-10(13)11-9(12)5-6-14-11/h5-6,8H,3-4,7H2,1-2H3. The molecule has 1 rings (SSSR count). The summed E-state index contributed by atoms with van der Waals surface area (Å²) in [4.78, 5) is 12.7. The summed E-state index contributed by atoms with van der Waals surface area (Å²) in [5, 5.41) is 1.95. The number of hydrogen-bond acceptors (Lipinski definition) is 2. The molecule has 3 heteroatoms. The Morgan fingerprint density at radius 3 is 2.57 bits per heavy atom. The molecule has 14 heavy (non-hydrogen) atoms. The Labute approximate surface area is 97.7 Å². The molecule has 0 aromatic carbocycles. The van der Waals surface area contributed by atoms with E-state index < -0.39 is 0 Å². The highest BCUT2D eigenvalue weighted by atomic mass is 79.9. The van der Waals surface area contributed by atoms with Gasteiger partial charge in [-0.2, -0.15) is 0 Å². The zero-order chi connectivity index (χ0) is 10.6. The second-order valence-corrected chi connectivity index (χ2v) is 5.18. The van der Waals surface area contributed by atoms with Gasteiger partial charge in [-0.15, -0.1) is 11.3 Å². The molecule has 0 saturated heterocycles. The van der Waals surface area contributed by atoms with E-state index in [2.05, 4.69) is 29.8 Å². The third-order valence-electron chi connectivity index (χ3n) is 2.50. The van der Waals surface area contributed by atoms with Crippen molar-refractivity contribution in [3.05, 3.63) is 20.8 Å². The van der Waals surface area contributed by atoms with Crippen LogP contribution in [0.3, 0.4) is 0 Å². The number of ketones is 1. The zero-order valence-electron chi connectivity index (χ0n) is 8.55. The quantitative estimate of drug-likeness (QED) is 0.722. The van der Waals surface area contributed by atoms with Gasteiger partial charge in [0, 0.05) is 10.9 Å². The highest BCUT2D eigenvalue weighted by Crippen LogP contribution is 2.26. The average molecular weight is 275 g/mol. The lowest BCUT2D eigenvalue weighted by atomic mass is 9.96. The Kier molecular flexibility index (Phi) is 4.82. The van der Waals surface area contributed by atoms with Crippen molar-refractivity contribution in [2.24, 2.45) is 5.92 Å². The van der Waals surface area contributed by atoms with Gasteiger partial charge in [0.15, 0.2) is 5.78 Å². The summed E-state index contributed by atoms with van der Waals surface area (Å²) in [6.45, 7) is 4.29. The molecule has 0 amide bonds. The molecular formula is C11H15BrOS. The van der Waals surface area contributed by atoms with Crippen LogP contribution in [-0.4, -0.2) is 5.78 Å². The Bertz CT molecular complexity index is 302. The van der Waals surface area contributed by atoms with Gasteiger partial charge in [-0.05, 0) is 33.3 Å². The highest BCUT2D eigenvalue weighted by molar-refractivity contribution is 9.10. The Morgan fingerprint density at radius 1 is 1.50 bits per heavy atom. The molecule has 0 bridgehead atoms. The van der Waals surface area contributed by atoms with Crippen LogP contribution in [0.15, 0.2) is 15.9 Å². The van der Waals surface area contributed by atoms with Gasteiger partial charge < -0.3 is 0 Å². The van der Waals surface area contributed by atoms with Crippen LogP contribution in [0, 0.1) is 5.92 Å². The summed E-state index contributed by atoms with van der Waals surface area (Å²) in [5.41, 5.74) is 0. The number of hydrogen-bond donors (Lipinski definition) is 0. The molecule has 78 valence electrons. The molecule has 0 aliphatic rings. The van der Waals surface area contributed by atoms with Gasteiger partial charge in [0.05, 0.1) is 4.88 Å². The molecule has 1 aromatic rings. The summed E-state index contributed by atoms with van der Waals surface area (Å²) in [6, 6.07) is 1.94. The minimum atomic E-state index is 0.278. The van der Waals surface area contributed by atoms with Crippen molar-refractivity contribution in [2.75, 3.05) is 0 Å². The zero-order valence-corrected chi connectivity index (χ0v) is 11.0. The van der Waals surface area contributed by atoms with E-state index in [9.17, 15) is 4.79 Å². The second-order valence-electron chi connectivity index (χ2n) is 3.41. The molecular weight excluding hydrogens is 260 g/mol. The van der Waals surface area contributed by atoms with E-state index in [-0.39, 0.29) is 5.78 Å². The van der Waals surface area contributed by atoms with Gasteiger partial charge in [-0.3, -0.25) is 4.79 Å². The minimum Gasteiger partial charge on any atom is -0.293 e. The molecule has 0 aliphatic carbocycles. The number of thiophene rings is 1. The van der Waals surface area contributed by atoms with E-state index in [1.54, 1.807) is 0 Å². The Hall–Kier alpha value is -0.150. The summed E-state index contributed by atoms with van der Waals surface area (Å²) in [5.74, 6) is 0.817. The number of rotatable bonds is 5. The molecule has 1 heterocycles. The van der Waals surface area contributed by atoms with Gasteiger partial charge in [-0.25, -0.2) is 0 Å². The van der Waals surface area contributed by atoms with E-state index in [1.165, 1.54) is 11.3 Å². The number of halogens is 1. The molecule has 1 aromatic heterocycles. The monoisotopic (exact) mass is 274 g/mol. The van der Waals surface area contributed by atoms with Crippen molar-refractivity contribution in [3.63, 3.8) is 0 Å². The molecule has 0 aliphatic heterocycles. The second kappa shape index (κ2) is 5.66. The fraction of sp³-hybridized carbons (Fsp3) is 0.545. The van der Waals surface area contributed by atoms with E-state index in [1.807, 2.05) is 11.4 Å². The SMILES string of the molecule is CCC(CC)CC(=O)c1sccc1Br. The topological polar surface area (TPSA) is 17.1 Å². The highest BCUT2D eigenvalue weighted by Gasteiger charge is 2.15. The van der Waals surface area contributed by atoms with Gasteiger partial charge >= 0.3 is 0 Å². The van der Waals surface area contributed by atoms with Crippen LogP contribution in [0.2, 0.25) is 0 Å². The van der Waals surface area contributed by atoms with Crippen molar-refractivity contribution in [1.82, 2.24) is 0 Å². The fourth-order valence-electron chi connectivity index (χ4n) is 1.42. The summed E-state index contributed by atoms with van der Waals surface area (Å²) < 4.78 is 0.943. The Balaban J connectivity index is 2.63. The van der Waals surface area contributed by atoms with Gasteiger partial charge in [0.25, 0.3) is 0 Å². The van der Waals surface area contributed by atoms with Crippen molar-refractivity contribution in [2.45, 2.75) is 33.1 Å². The summed E-state index contributed by atoms with van der Waals surface area (Å²) in [6.07, 6.45) is 2.86. The molecule has 0 saturated carbocycles. The maximum atomic E-state index is 11.8. The third-order valence-corrected chi connectivity index (χ3v) is 4.38. The normalized spacial score (nSPS) is 10.9. The van der Waals surface area contributed by atoms with Gasteiger partial charge in [0.2, 0.25) is 0 Å². The van der Waals surface area contributed by atoms with Gasteiger partial charge in [-0.1, -0.05) is 26.7 Å².